The molecule has 26 heavy (non-hydrogen) atoms. The zero-order chi connectivity index (χ0) is 18.9. The molecule has 2 aromatic heterocycles. The molecule has 2 heterocycles. The van der Waals surface area contributed by atoms with Crippen molar-refractivity contribution in [2.45, 2.75) is 12.7 Å². The summed E-state index contributed by atoms with van der Waals surface area (Å²) < 4.78 is 40.3. The molecule has 11 heteroatoms. The van der Waals surface area contributed by atoms with E-state index in [9.17, 15) is 13.2 Å². The van der Waals surface area contributed by atoms with E-state index in [1.807, 2.05) is 6.07 Å². The number of fused-ring (bicyclic) bond motifs is 1. The van der Waals surface area contributed by atoms with Crippen LogP contribution in [0.5, 0.6) is 0 Å². The predicted molar refractivity (Wildman–Crippen MR) is 90.2 cm³/mol. The van der Waals surface area contributed by atoms with Gasteiger partial charge in [-0.1, -0.05) is 11.6 Å². The van der Waals surface area contributed by atoms with Gasteiger partial charge in [-0.15, -0.1) is 0 Å². The number of nitrogens with one attached hydrogen (secondary N) is 2. The van der Waals surface area contributed by atoms with Crippen molar-refractivity contribution in [2.24, 2.45) is 0 Å². The smallest absolute Gasteiger partial charge is 0.372 e. The largest absolute Gasteiger partial charge is 0.421 e. The highest BCUT2D eigenvalue weighted by atomic mass is 35.5. The van der Waals surface area contributed by atoms with E-state index in [-0.39, 0.29) is 18.3 Å². The number of nitriles is 1. The molecule has 1 aromatic carbocycles. The lowest BCUT2D eigenvalue weighted by Crippen LogP contribution is -2.12. The van der Waals surface area contributed by atoms with Gasteiger partial charge in [-0.05, 0) is 12.1 Å². The summed E-state index contributed by atoms with van der Waals surface area (Å²) >= 11 is 6.10. The molecule has 7 nitrogen and oxygen atoms in total. The van der Waals surface area contributed by atoms with Crippen molar-refractivity contribution in [3.63, 3.8) is 0 Å². The fourth-order valence-corrected chi connectivity index (χ4v) is 2.61. The van der Waals surface area contributed by atoms with Gasteiger partial charge < -0.3 is 10.6 Å². The van der Waals surface area contributed by atoms with Crippen LogP contribution in [0.25, 0.3) is 10.9 Å². The first kappa shape index (κ1) is 17.8. The molecule has 0 amide bonds. The number of benzene rings is 1. The molecular weight excluding hydrogens is 371 g/mol. The van der Waals surface area contributed by atoms with Gasteiger partial charge in [0.05, 0.1) is 23.5 Å². The molecule has 0 saturated carbocycles. The Hall–Kier alpha value is -3.06. The minimum atomic E-state index is -4.57. The summed E-state index contributed by atoms with van der Waals surface area (Å²) in [6.45, 7) is 0.0317. The van der Waals surface area contributed by atoms with Crippen LogP contribution in [0, 0.1) is 11.3 Å². The first-order valence-electron chi connectivity index (χ1n) is 7.24. The average molecular weight is 382 g/mol. The second-order valence-corrected chi connectivity index (χ2v) is 5.61. The summed E-state index contributed by atoms with van der Waals surface area (Å²) in [6.07, 6.45) is -2.35. The fourth-order valence-electron chi connectivity index (χ4n) is 2.40. The van der Waals surface area contributed by atoms with E-state index in [0.717, 1.165) is 0 Å². The maximum absolute atomic E-state index is 12.9. The highest BCUT2D eigenvalue weighted by molar-refractivity contribution is 6.31. The van der Waals surface area contributed by atoms with Crippen LogP contribution in [0.4, 0.5) is 30.6 Å². The molecule has 0 fully saturated rings. The number of aromatic nitrogens is 4. The Morgan fingerprint density at radius 1 is 1.31 bits per heavy atom. The summed E-state index contributed by atoms with van der Waals surface area (Å²) in [6, 6.07) is 5.19. The first-order chi connectivity index (χ1) is 12.3. The van der Waals surface area contributed by atoms with Gasteiger partial charge in [0.15, 0.2) is 0 Å². The van der Waals surface area contributed by atoms with Crippen molar-refractivity contribution in [1.29, 1.82) is 5.26 Å². The molecule has 0 radical (unpaired) electrons. The monoisotopic (exact) mass is 381 g/mol. The summed E-state index contributed by atoms with van der Waals surface area (Å²) in [7, 11) is 1.34. The molecule has 0 atom stereocenters. The number of rotatable bonds is 4. The van der Waals surface area contributed by atoms with Crippen LogP contribution in [0.3, 0.4) is 0 Å². The molecule has 0 aliphatic rings. The molecule has 0 aliphatic heterocycles. The number of anilines is 3. The van der Waals surface area contributed by atoms with Crippen molar-refractivity contribution >= 4 is 40.0 Å². The van der Waals surface area contributed by atoms with E-state index < -0.39 is 11.7 Å². The van der Waals surface area contributed by atoms with Crippen molar-refractivity contribution in [1.82, 2.24) is 19.7 Å². The lowest BCUT2D eigenvalue weighted by Gasteiger charge is -2.13. The Bertz CT molecular complexity index is 1010. The molecular formula is C15H11ClF3N7. The van der Waals surface area contributed by atoms with Crippen molar-refractivity contribution in [3.05, 3.63) is 35.1 Å². The second-order valence-electron chi connectivity index (χ2n) is 5.18. The lowest BCUT2D eigenvalue weighted by molar-refractivity contribution is -0.137. The van der Waals surface area contributed by atoms with Crippen LogP contribution in [0.1, 0.15) is 5.56 Å². The molecule has 3 aromatic rings. The lowest BCUT2D eigenvalue weighted by atomic mass is 10.2. The molecule has 0 bridgehead atoms. The zero-order valence-electron chi connectivity index (χ0n) is 13.3. The molecule has 0 aliphatic carbocycles. The fraction of sp³-hybridized carbons (Fsp3) is 0.200. The topological polar surface area (TPSA) is 91.5 Å². The number of halogens is 4. The average Bonchev–Trinajstić information content (AvgIpc) is 2.97. The van der Waals surface area contributed by atoms with Crippen molar-refractivity contribution in [3.8, 4) is 6.07 Å². The molecule has 0 unspecified atom stereocenters. The molecule has 2 N–H and O–H groups in total. The molecule has 0 saturated heterocycles. The normalized spacial score (nSPS) is 11.4. The van der Waals surface area contributed by atoms with Gasteiger partial charge in [0.1, 0.15) is 17.9 Å². The van der Waals surface area contributed by atoms with Crippen molar-refractivity contribution < 1.29 is 13.2 Å². The van der Waals surface area contributed by atoms with E-state index in [0.29, 0.717) is 27.8 Å². The van der Waals surface area contributed by atoms with Crippen LogP contribution < -0.4 is 10.6 Å². The SMILES string of the molecule is CNc1nc(Nc2cc(Cl)cc3c2cnn3CC#N)ncc1C(F)(F)F. The first-order valence-corrected chi connectivity index (χ1v) is 7.62. The quantitative estimate of drug-likeness (QED) is 0.714. The van der Waals surface area contributed by atoms with Gasteiger partial charge in [-0.2, -0.15) is 28.5 Å². The number of hydrogen-bond acceptors (Lipinski definition) is 6. The summed E-state index contributed by atoms with van der Waals surface area (Å²) in [5.41, 5.74) is 0.0874. The van der Waals surface area contributed by atoms with Gasteiger partial charge in [-0.25, -0.2) is 4.98 Å². The van der Waals surface area contributed by atoms with E-state index >= 15 is 0 Å². The van der Waals surface area contributed by atoms with E-state index in [4.69, 9.17) is 16.9 Å². The van der Waals surface area contributed by atoms with Crippen LogP contribution in [-0.4, -0.2) is 26.8 Å². The van der Waals surface area contributed by atoms with Crippen LogP contribution in [-0.2, 0) is 12.7 Å². The number of alkyl halides is 3. The summed E-state index contributed by atoms with van der Waals surface area (Å²) in [5.74, 6) is -0.396. The molecule has 3 rings (SSSR count). The highest BCUT2D eigenvalue weighted by Gasteiger charge is 2.35. The zero-order valence-corrected chi connectivity index (χ0v) is 14.0. The van der Waals surface area contributed by atoms with Gasteiger partial charge in [0.25, 0.3) is 0 Å². The minimum Gasteiger partial charge on any atom is -0.372 e. The Morgan fingerprint density at radius 2 is 2.08 bits per heavy atom. The third-order valence-corrected chi connectivity index (χ3v) is 3.74. The third kappa shape index (κ3) is 3.34. The third-order valence-electron chi connectivity index (χ3n) is 3.53. The van der Waals surface area contributed by atoms with E-state index in [1.165, 1.54) is 17.9 Å². The Morgan fingerprint density at radius 3 is 2.73 bits per heavy atom. The van der Waals surface area contributed by atoms with Crippen LogP contribution in [0.15, 0.2) is 24.5 Å². The molecule has 134 valence electrons. The Labute approximate surface area is 150 Å². The summed E-state index contributed by atoms with van der Waals surface area (Å²) in [4.78, 5) is 7.58. The Balaban J connectivity index is 2.03. The Kier molecular flexibility index (Phi) is 4.56. The highest BCUT2D eigenvalue weighted by Crippen LogP contribution is 2.34. The predicted octanol–water partition coefficient (Wildman–Crippen LogP) is 3.81. The van der Waals surface area contributed by atoms with E-state index in [2.05, 4.69) is 25.7 Å². The van der Waals surface area contributed by atoms with Gasteiger partial charge in [0.2, 0.25) is 5.95 Å². The second kappa shape index (κ2) is 6.68. The molecule has 0 spiro atoms. The number of hydrogen-bond donors (Lipinski definition) is 2. The number of nitrogens with zero attached hydrogens (tertiary/aromatic N) is 5. The summed E-state index contributed by atoms with van der Waals surface area (Å²) in [5, 5.41) is 19.2. The van der Waals surface area contributed by atoms with Crippen molar-refractivity contribution in [2.75, 3.05) is 17.7 Å². The maximum Gasteiger partial charge on any atom is 0.421 e. The minimum absolute atomic E-state index is 0.0317. The van der Waals surface area contributed by atoms with Gasteiger partial charge >= 0.3 is 6.18 Å². The van der Waals surface area contributed by atoms with E-state index in [1.54, 1.807) is 12.1 Å². The van der Waals surface area contributed by atoms with Crippen LogP contribution >= 0.6 is 11.6 Å². The standard InChI is InChI=1S/C15H11ClF3N7/c1-21-13-10(15(17,18)19)7-22-14(25-13)24-11-4-8(16)5-12-9(11)6-23-26(12)3-2-20/h4-7H,3H2,1H3,(H2,21,22,24,25). The van der Waals surface area contributed by atoms with Crippen LogP contribution in [0.2, 0.25) is 5.02 Å². The van der Waals surface area contributed by atoms with Gasteiger partial charge in [0, 0.05) is 23.7 Å². The van der Waals surface area contributed by atoms with Gasteiger partial charge in [-0.3, -0.25) is 4.68 Å². The maximum atomic E-state index is 12.9.